The number of benzene rings is 1. The number of piperidine rings is 1. The van der Waals surface area contributed by atoms with E-state index in [1.165, 1.54) is 5.57 Å². The third-order valence-electron chi connectivity index (χ3n) is 4.43. The van der Waals surface area contributed by atoms with E-state index in [1.54, 1.807) is 30.7 Å². The summed E-state index contributed by atoms with van der Waals surface area (Å²) >= 11 is 0. The molecule has 0 saturated carbocycles. The van der Waals surface area contributed by atoms with Crippen LogP contribution in [0.5, 0.6) is 0 Å². The van der Waals surface area contributed by atoms with E-state index in [4.69, 9.17) is 0 Å². The van der Waals surface area contributed by atoms with Gasteiger partial charge >= 0.3 is 0 Å². The Labute approximate surface area is 145 Å². The van der Waals surface area contributed by atoms with E-state index in [2.05, 4.69) is 43.2 Å². The van der Waals surface area contributed by atoms with Crippen LogP contribution in [0.3, 0.4) is 0 Å². The van der Waals surface area contributed by atoms with Crippen LogP contribution in [-0.2, 0) is 0 Å². The Morgan fingerprint density at radius 3 is 2.56 bits per heavy atom. The first-order chi connectivity index (χ1) is 12.3. The second-order valence-corrected chi connectivity index (χ2v) is 6.03. The molecule has 124 valence electrons. The van der Waals surface area contributed by atoms with Gasteiger partial charge in [-0.15, -0.1) is 4.91 Å². The molecule has 6 nitrogen and oxygen atoms in total. The van der Waals surface area contributed by atoms with E-state index in [1.807, 2.05) is 6.07 Å². The fourth-order valence-electron chi connectivity index (χ4n) is 3.16. The van der Waals surface area contributed by atoms with E-state index in [-0.39, 0.29) is 0 Å². The maximum atomic E-state index is 10.9. The average molecular weight is 331 g/mol. The maximum Gasteiger partial charge on any atom is 0.158 e. The largest absolute Gasteiger partial charge is 0.354 e. The molecule has 0 radical (unpaired) electrons. The molecule has 0 N–H and O–H groups in total. The first-order valence-corrected chi connectivity index (χ1v) is 8.27. The van der Waals surface area contributed by atoms with Crippen LogP contribution in [0.2, 0.25) is 0 Å². The lowest BCUT2D eigenvalue weighted by Gasteiger charge is -2.29. The molecule has 2 aromatic heterocycles. The Morgan fingerprint density at radius 1 is 0.960 bits per heavy atom. The Hall–Kier alpha value is -3.15. The van der Waals surface area contributed by atoms with Crippen LogP contribution in [0.4, 0.5) is 11.5 Å². The maximum absolute atomic E-state index is 10.9. The molecule has 0 unspecified atom stereocenters. The van der Waals surface area contributed by atoms with Crippen molar-refractivity contribution >= 4 is 28.6 Å². The van der Waals surface area contributed by atoms with E-state index in [0.717, 1.165) is 42.5 Å². The average Bonchev–Trinajstić information content (AvgIpc) is 2.68. The first kappa shape index (κ1) is 15.4. The van der Waals surface area contributed by atoms with Crippen LogP contribution in [0.1, 0.15) is 18.4 Å². The third-order valence-corrected chi connectivity index (χ3v) is 4.43. The molecule has 25 heavy (non-hydrogen) atoms. The Kier molecular flexibility index (Phi) is 4.16. The van der Waals surface area contributed by atoms with Crippen molar-refractivity contribution in [1.29, 1.82) is 0 Å². The molecule has 0 amide bonds. The highest BCUT2D eigenvalue weighted by molar-refractivity contribution is 5.77. The predicted molar refractivity (Wildman–Crippen MR) is 98.7 cm³/mol. The van der Waals surface area contributed by atoms with Gasteiger partial charge in [0.25, 0.3) is 0 Å². The fourth-order valence-corrected chi connectivity index (χ4v) is 3.16. The minimum Gasteiger partial charge on any atom is -0.354 e. The second-order valence-electron chi connectivity index (χ2n) is 6.03. The molecular weight excluding hydrogens is 314 g/mol. The van der Waals surface area contributed by atoms with Crippen LogP contribution in [0, 0.1) is 4.91 Å². The summed E-state index contributed by atoms with van der Waals surface area (Å²) in [7, 11) is 0. The third kappa shape index (κ3) is 3.24. The monoisotopic (exact) mass is 331 g/mol. The predicted octanol–water partition coefficient (Wildman–Crippen LogP) is 4.11. The molecule has 3 aromatic rings. The van der Waals surface area contributed by atoms with Gasteiger partial charge in [-0.1, -0.05) is 17.7 Å². The molecule has 1 aromatic carbocycles. The van der Waals surface area contributed by atoms with Gasteiger partial charge in [0, 0.05) is 31.7 Å². The molecule has 3 heterocycles. The molecule has 1 aliphatic heterocycles. The number of nitroso groups, excluding NO2 is 1. The van der Waals surface area contributed by atoms with Crippen LogP contribution in [0.25, 0.3) is 17.1 Å². The number of anilines is 1. The molecule has 4 rings (SSSR count). The van der Waals surface area contributed by atoms with Crippen molar-refractivity contribution < 1.29 is 0 Å². The van der Waals surface area contributed by atoms with Crippen LogP contribution in [0.15, 0.2) is 59.7 Å². The van der Waals surface area contributed by atoms with Gasteiger partial charge in [-0.3, -0.25) is 9.97 Å². The van der Waals surface area contributed by atoms with E-state index in [9.17, 15) is 4.91 Å². The summed E-state index contributed by atoms with van der Waals surface area (Å²) in [5, 5.41) is 3.08. The van der Waals surface area contributed by atoms with Crippen molar-refractivity contribution in [2.75, 3.05) is 18.0 Å². The number of nitrogens with zero attached hydrogens (tertiary/aromatic N) is 5. The highest BCUT2D eigenvalue weighted by atomic mass is 16.3. The Morgan fingerprint density at radius 2 is 1.76 bits per heavy atom. The molecular formula is C19H17N5O. The van der Waals surface area contributed by atoms with Crippen molar-refractivity contribution in [3.05, 3.63) is 65.0 Å². The highest BCUT2D eigenvalue weighted by Gasteiger charge is 2.18. The van der Waals surface area contributed by atoms with Crippen LogP contribution < -0.4 is 4.90 Å². The topological polar surface area (TPSA) is 71.3 Å². The van der Waals surface area contributed by atoms with Gasteiger partial charge in [0.05, 0.1) is 11.0 Å². The summed E-state index contributed by atoms with van der Waals surface area (Å²) in [6, 6.07) is 9.58. The summed E-state index contributed by atoms with van der Waals surface area (Å²) in [6.45, 7) is 1.66. The smallest absolute Gasteiger partial charge is 0.158 e. The lowest BCUT2D eigenvalue weighted by atomic mass is 10.0. The molecule has 1 fully saturated rings. The Balaban J connectivity index is 1.50. The first-order valence-electron chi connectivity index (χ1n) is 8.27. The van der Waals surface area contributed by atoms with Gasteiger partial charge in [-0.25, -0.2) is 4.98 Å². The highest BCUT2D eigenvalue weighted by Crippen LogP contribution is 2.29. The van der Waals surface area contributed by atoms with Crippen molar-refractivity contribution in [2.45, 2.75) is 12.8 Å². The van der Waals surface area contributed by atoms with Gasteiger partial charge in [-0.05, 0) is 47.8 Å². The summed E-state index contributed by atoms with van der Waals surface area (Å²) in [6.07, 6.45) is 9.22. The standard InChI is InChI=1S/C19H17N5O/c25-23-17-2-1-7-22-19(17)24-10-5-14(6-11-24)12-15-3-4-16-18(13-15)21-9-8-20-16/h1-4,7-9,12-13H,5-6,10-11H2. The summed E-state index contributed by atoms with van der Waals surface area (Å²) in [5.74, 6) is 0.678. The zero-order valence-corrected chi connectivity index (χ0v) is 13.7. The van der Waals surface area contributed by atoms with Crippen LogP contribution >= 0.6 is 0 Å². The number of hydrogen-bond acceptors (Lipinski definition) is 6. The minimum atomic E-state index is 0.406. The van der Waals surface area contributed by atoms with Gasteiger partial charge in [0.1, 0.15) is 5.69 Å². The zero-order chi connectivity index (χ0) is 17.1. The molecule has 1 aliphatic rings. The Bertz CT molecular complexity index is 943. The number of rotatable bonds is 3. The summed E-state index contributed by atoms with van der Waals surface area (Å²) in [5.41, 5.74) is 4.75. The fraction of sp³-hybridized carbons (Fsp3) is 0.211. The number of fused-ring (bicyclic) bond motifs is 1. The van der Waals surface area contributed by atoms with Gasteiger partial charge < -0.3 is 4.90 Å². The van der Waals surface area contributed by atoms with Crippen molar-refractivity contribution in [3.63, 3.8) is 0 Å². The normalized spacial score (nSPS) is 14.6. The van der Waals surface area contributed by atoms with Crippen molar-refractivity contribution in [3.8, 4) is 0 Å². The zero-order valence-electron chi connectivity index (χ0n) is 13.7. The van der Waals surface area contributed by atoms with E-state index < -0.39 is 0 Å². The molecule has 0 aliphatic carbocycles. The van der Waals surface area contributed by atoms with Gasteiger partial charge in [-0.2, -0.15) is 0 Å². The lowest BCUT2D eigenvalue weighted by Crippen LogP contribution is -2.31. The lowest BCUT2D eigenvalue weighted by molar-refractivity contribution is 0.681. The summed E-state index contributed by atoms with van der Waals surface area (Å²) in [4.78, 5) is 26.0. The van der Waals surface area contributed by atoms with Crippen LogP contribution in [-0.4, -0.2) is 28.0 Å². The number of hydrogen-bond donors (Lipinski definition) is 0. The van der Waals surface area contributed by atoms with E-state index in [0.29, 0.717) is 11.5 Å². The molecule has 0 bridgehead atoms. The molecule has 0 atom stereocenters. The number of pyridine rings is 1. The summed E-state index contributed by atoms with van der Waals surface area (Å²) < 4.78 is 0. The van der Waals surface area contributed by atoms with Gasteiger partial charge in [0.2, 0.25) is 0 Å². The van der Waals surface area contributed by atoms with E-state index >= 15 is 0 Å². The second kappa shape index (κ2) is 6.76. The molecule has 0 spiro atoms. The minimum absolute atomic E-state index is 0.406. The molecule has 6 heteroatoms. The van der Waals surface area contributed by atoms with Crippen molar-refractivity contribution in [1.82, 2.24) is 15.0 Å². The quantitative estimate of drug-likeness (QED) is 0.676. The number of aromatic nitrogens is 3. The van der Waals surface area contributed by atoms with Crippen molar-refractivity contribution in [2.24, 2.45) is 5.18 Å². The van der Waals surface area contributed by atoms with Gasteiger partial charge in [0.15, 0.2) is 5.82 Å². The SMILES string of the molecule is O=Nc1cccnc1N1CCC(=Cc2ccc3nccnc3c2)CC1. The molecule has 1 saturated heterocycles.